The predicted octanol–water partition coefficient (Wildman–Crippen LogP) is -0.385. The second kappa shape index (κ2) is 10.5. The molecule has 0 aliphatic rings. The Labute approximate surface area is 153 Å². The molecule has 0 radical (unpaired) electrons. The smallest absolute Gasteiger partial charge is 0.327 e. The molecule has 0 saturated carbocycles. The van der Waals surface area contributed by atoms with E-state index >= 15 is 0 Å². The molecule has 0 aliphatic carbocycles. The van der Waals surface area contributed by atoms with Crippen molar-refractivity contribution in [3.8, 4) is 0 Å². The second-order valence-electron chi connectivity index (χ2n) is 6.62. The van der Waals surface area contributed by atoms with E-state index < -0.39 is 35.9 Å². The van der Waals surface area contributed by atoms with E-state index in [-0.39, 0.29) is 12.5 Å². The van der Waals surface area contributed by atoms with Crippen LogP contribution in [0.2, 0.25) is 0 Å². The molecule has 0 heterocycles. The van der Waals surface area contributed by atoms with E-state index in [1.807, 2.05) is 44.2 Å². The average Bonchev–Trinajstić information content (AvgIpc) is 2.58. The third-order valence-corrected chi connectivity index (χ3v) is 3.83. The van der Waals surface area contributed by atoms with Gasteiger partial charge in [-0.1, -0.05) is 44.2 Å². The second-order valence-corrected chi connectivity index (χ2v) is 6.62. The lowest BCUT2D eigenvalue weighted by molar-refractivity contribution is -0.142. The monoisotopic (exact) mass is 364 g/mol. The minimum Gasteiger partial charge on any atom is -0.480 e. The minimum absolute atomic E-state index is 0.109. The number of aliphatic carboxylic acids is 1. The topological polar surface area (TPSA) is 148 Å². The Hall–Kier alpha value is -2.45. The van der Waals surface area contributed by atoms with E-state index in [1.165, 1.54) is 0 Å². The van der Waals surface area contributed by atoms with Gasteiger partial charge in [-0.3, -0.25) is 9.59 Å². The van der Waals surface area contributed by atoms with Crippen LogP contribution in [0, 0.1) is 5.92 Å². The van der Waals surface area contributed by atoms with Crippen LogP contribution in [-0.4, -0.2) is 47.6 Å². The average molecular weight is 364 g/mol. The fraction of sp³-hybridized carbons (Fsp3) is 0.500. The zero-order valence-corrected chi connectivity index (χ0v) is 15.1. The summed E-state index contributed by atoms with van der Waals surface area (Å²) in [6, 6.07) is 6.42. The first-order chi connectivity index (χ1) is 12.2. The highest BCUT2D eigenvalue weighted by Crippen LogP contribution is 2.07. The van der Waals surface area contributed by atoms with Crippen LogP contribution in [0.3, 0.4) is 0 Å². The van der Waals surface area contributed by atoms with Crippen LogP contribution in [0.5, 0.6) is 0 Å². The Morgan fingerprint density at radius 3 is 2.12 bits per heavy atom. The van der Waals surface area contributed by atoms with Gasteiger partial charge in [0.2, 0.25) is 11.8 Å². The number of hydrogen-bond acceptors (Lipinski definition) is 5. The summed E-state index contributed by atoms with van der Waals surface area (Å²) in [6.07, 6.45) is 0.690. The van der Waals surface area contributed by atoms with E-state index in [4.69, 9.17) is 16.6 Å². The third-order valence-electron chi connectivity index (χ3n) is 3.83. The number of carbonyl (C=O) groups is 3. The van der Waals surface area contributed by atoms with Gasteiger partial charge in [0.15, 0.2) is 0 Å². The Bertz CT molecular complexity index is 606. The summed E-state index contributed by atoms with van der Waals surface area (Å²) < 4.78 is 0. The van der Waals surface area contributed by atoms with E-state index in [9.17, 15) is 14.4 Å². The summed E-state index contributed by atoms with van der Waals surface area (Å²) in [7, 11) is 0. The summed E-state index contributed by atoms with van der Waals surface area (Å²) in [5, 5.41) is 14.0. The first kappa shape index (κ1) is 21.6. The van der Waals surface area contributed by atoms with Crippen molar-refractivity contribution in [2.75, 3.05) is 6.54 Å². The van der Waals surface area contributed by atoms with E-state index in [1.54, 1.807) is 0 Å². The van der Waals surface area contributed by atoms with Gasteiger partial charge < -0.3 is 27.2 Å². The lowest BCUT2D eigenvalue weighted by Gasteiger charge is -2.23. The van der Waals surface area contributed by atoms with Gasteiger partial charge in [0, 0.05) is 6.54 Å². The van der Waals surface area contributed by atoms with E-state index in [2.05, 4.69) is 10.6 Å². The number of benzene rings is 1. The summed E-state index contributed by atoms with van der Waals surface area (Å²) in [4.78, 5) is 35.8. The van der Waals surface area contributed by atoms with Crippen molar-refractivity contribution in [2.45, 2.75) is 44.8 Å². The third kappa shape index (κ3) is 7.20. The lowest BCUT2D eigenvalue weighted by atomic mass is 10.0. The van der Waals surface area contributed by atoms with Crippen molar-refractivity contribution in [1.29, 1.82) is 0 Å². The molecule has 0 unspecified atom stereocenters. The van der Waals surface area contributed by atoms with Gasteiger partial charge >= 0.3 is 5.97 Å². The zero-order valence-electron chi connectivity index (χ0n) is 15.1. The van der Waals surface area contributed by atoms with Crippen molar-refractivity contribution in [1.82, 2.24) is 10.6 Å². The van der Waals surface area contributed by atoms with Crippen LogP contribution in [0.4, 0.5) is 0 Å². The molecule has 0 aromatic heterocycles. The molecular formula is C18H28N4O4. The molecule has 7 N–H and O–H groups in total. The van der Waals surface area contributed by atoms with Crippen LogP contribution in [0.1, 0.15) is 25.8 Å². The van der Waals surface area contributed by atoms with E-state index in [0.29, 0.717) is 12.8 Å². The molecule has 144 valence electrons. The number of carboxylic acid groups (broad SMARTS) is 1. The quantitative estimate of drug-likeness (QED) is 0.382. The molecule has 8 heteroatoms. The first-order valence-corrected chi connectivity index (χ1v) is 8.57. The summed E-state index contributed by atoms with van der Waals surface area (Å²) in [5.41, 5.74) is 12.2. The Kier molecular flexibility index (Phi) is 8.74. The highest BCUT2D eigenvalue weighted by Gasteiger charge is 2.27. The standard InChI is InChI=1S/C18H28N4O4/c1-11(2)8-14(17(24)22-15(10-19)18(25)26)21-16(23)13(20)9-12-6-4-3-5-7-12/h3-7,11,13-15H,8-10,19-20H2,1-2H3,(H,21,23)(H,22,24)(H,25,26)/t13-,14-,15-/m1/s1. The number of nitrogens with two attached hydrogens (primary N) is 2. The molecule has 26 heavy (non-hydrogen) atoms. The van der Waals surface area contributed by atoms with Crippen molar-refractivity contribution >= 4 is 17.8 Å². The molecule has 0 bridgehead atoms. The number of carboxylic acids is 1. The molecule has 1 aromatic rings. The molecule has 3 atom stereocenters. The van der Waals surface area contributed by atoms with Gasteiger partial charge in [0.05, 0.1) is 6.04 Å². The molecule has 0 saturated heterocycles. The zero-order chi connectivity index (χ0) is 19.7. The van der Waals surface area contributed by atoms with Crippen molar-refractivity contribution in [3.63, 3.8) is 0 Å². The van der Waals surface area contributed by atoms with Crippen LogP contribution in [0.15, 0.2) is 30.3 Å². The minimum atomic E-state index is -1.23. The molecule has 0 spiro atoms. The fourth-order valence-electron chi connectivity index (χ4n) is 2.44. The maximum atomic E-state index is 12.4. The van der Waals surface area contributed by atoms with Gasteiger partial charge in [0.1, 0.15) is 12.1 Å². The Balaban J connectivity index is 2.74. The van der Waals surface area contributed by atoms with Crippen LogP contribution < -0.4 is 22.1 Å². The predicted molar refractivity (Wildman–Crippen MR) is 98.1 cm³/mol. The number of nitrogens with one attached hydrogen (secondary N) is 2. The normalized spacial score (nSPS) is 14.3. The van der Waals surface area contributed by atoms with Crippen LogP contribution >= 0.6 is 0 Å². The number of carbonyl (C=O) groups excluding carboxylic acids is 2. The fourth-order valence-corrected chi connectivity index (χ4v) is 2.44. The van der Waals surface area contributed by atoms with Crippen molar-refractivity contribution in [2.24, 2.45) is 17.4 Å². The Morgan fingerprint density at radius 1 is 1.04 bits per heavy atom. The lowest BCUT2D eigenvalue weighted by Crippen LogP contribution is -2.56. The maximum Gasteiger partial charge on any atom is 0.327 e. The highest BCUT2D eigenvalue weighted by atomic mass is 16.4. The Morgan fingerprint density at radius 2 is 1.62 bits per heavy atom. The van der Waals surface area contributed by atoms with Gasteiger partial charge in [0.25, 0.3) is 0 Å². The van der Waals surface area contributed by atoms with Gasteiger partial charge in [-0.2, -0.15) is 0 Å². The molecule has 0 aliphatic heterocycles. The molecule has 8 nitrogen and oxygen atoms in total. The number of hydrogen-bond donors (Lipinski definition) is 5. The van der Waals surface area contributed by atoms with Crippen molar-refractivity contribution < 1.29 is 19.5 Å². The summed E-state index contributed by atoms with van der Waals surface area (Å²) >= 11 is 0. The van der Waals surface area contributed by atoms with Gasteiger partial charge in [-0.05, 0) is 24.3 Å². The van der Waals surface area contributed by atoms with Gasteiger partial charge in [-0.25, -0.2) is 4.79 Å². The number of rotatable bonds is 10. The van der Waals surface area contributed by atoms with Crippen LogP contribution in [0.25, 0.3) is 0 Å². The van der Waals surface area contributed by atoms with E-state index in [0.717, 1.165) is 5.56 Å². The van der Waals surface area contributed by atoms with Crippen LogP contribution in [-0.2, 0) is 20.8 Å². The molecule has 2 amide bonds. The number of amides is 2. The summed E-state index contributed by atoms with van der Waals surface area (Å²) in [6.45, 7) is 3.55. The first-order valence-electron chi connectivity index (χ1n) is 8.57. The molecule has 0 fully saturated rings. The molecule has 1 aromatic carbocycles. The molecule has 1 rings (SSSR count). The van der Waals surface area contributed by atoms with Crippen molar-refractivity contribution in [3.05, 3.63) is 35.9 Å². The summed E-state index contributed by atoms with van der Waals surface area (Å²) in [5.74, 6) is -2.17. The SMILES string of the molecule is CC(C)C[C@@H](NC(=O)[C@H](N)Cc1ccccc1)C(=O)N[C@H](CN)C(=O)O. The van der Waals surface area contributed by atoms with Gasteiger partial charge in [-0.15, -0.1) is 0 Å². The largest absolute Gasteiger partial charge is 0.480 e. The maximum absolute atomic E-state index is 12.4. The molecular weight excluding hydrogens is 336 g/mol. The highest BCUT2D eigenvalue weighted by molar-refractivity contribution is 5.91.